The number of nitrogens with zero attached hydrogens (tertiary/aromatic N) is 3. The molecule has 0 amide bonds. The van der Waals surface area contributed by atoms with E-state index in [1.807, 2.05) is 0 Å². The molecule has 11 heavy (non-hydrogen) atoms. The fraction of sp³-hybridized carbons (Fsp3) is 1.00. The third kappa shape index (κ3) is 2.95. The summed E-state index contributed by atoms with van der Waals surface area (Å²) in [6.07, 6.45) is 0. The highest BCUT2D eigenvalue weighted by Crippen LogP contribution is 1.97. The topological polar surface area (TPSA) is 42.7 Å². The lowest BCUT2D eigenvalue weighted by atomic mass is 10.3. The molecule has 0 aromatic heterocycles. The fourth-order valence-electron chi connectivity index (χ4n) is 1.26. The second-order valence-corrected chi connectivity index (χ2v) is 3.03. The second kappa shape index (κ2) is 4.41. The first kappa shape index (κ1) is 8.62. The van der Waals surface area contributed by atoms with Gasteiger partial charge in [0.1, 0.15) is 0 Å². The zero-order valence-electron chi connectivity index (χ0n) is 7.08. The minimum Gasteiger partial charge on any atom is -0.304 e. The molecule has 1 aliphatic rings. The summed E-state index contributed by atoms with van der Waals surface area (Å²) in [5.41, 5.74) is 6.65. The van der Waals surface area contributed by atoms with E-state index in [4.69, 9.17) is 5.53 Å². The van der Waals surface area contributed by atoms with Crippen molar-refractivity contribution in [3.8, 4) is 0 Å². The molecule has 0 saturated carbocycles. The highest BCUT2D eigenvalue weighted by Gasteiger charge is 2.12. The smallest absolute Gasteiger partial charge is 0.0723 e. The third-order valence-electron chi connectivity index (χ3n) is 2.12. The van der Waals surface area contributed by atoms with E-state index in [2.05, 4.69) is 22.0 Å². The first-order valence-corrected chi connectivity index (χ1v) is 4.07. The molecule has 0 aromatic rings. The molecule has 4 nitrogen and oxygen atoms in total. The van der Waals surface area contributed by atoms with Gasteiger partial charge in [0.15, 0.2) is 0 Å². The molecule has 0 bridgehead atoms. The van der Waals surface area contributed by atoms with Crippen LogP contribution in [0.2, 0.25) is 0 Å². The SMILES string of the molecule is CN1CCN(CCN=N)CC1. The van der Waals surface area contributed by atoms with E-state index in [9.17, 15) is 0 Å². The molecule has 0 spiro atoms. The highest BCUT2D eigenvalue weighted by molar-refractivity contribution is 4.68. The number of piperazine rings is 1. The predicted octanol–water partition coefficient (Wildman–Crippen LogP) is 0.265. The van der Waals surface area contributed by atoms with Crippen molar-refractivity contribution >= 4 is 0 Å². The van der Waals surface area contributed by atoms with Gasteiger partial charge < -0.3 is 4.90 Å². The van der Waals surface area contributed by atoms with Crippen molar-refractivity contribution in [2.24, 2.45) is 5.11 Å². The molecular formula is C7H16N4. The van der Waals surface area contributed by atoms with Crippen molar-refractivity contribution in [3.05, 3.63) is 0 Å². The molecule has 1 saturated heterocycles. The summed E-state index contributed by atoms with van der Waals surface area (Å²) in [5.74, 6) is 0. The second-order valence-electron chi connectivity index (χ2n) is 3.03. The summed E-state index contributed by atoms with van der Waals surface area (Å²) in [5, 5.41) is 3.34. The summed E-state index contributed by atoms with van der Waals surface area (Å²) >= 11 is 0. The van der Waals surface area contributed by atoms with Crippen molar-refractivity contribution in [1.82, 2.24) is 9.80 Å². The van der Waals surface area contributed by atoms with Gasteiger partial charge in [-0.1, -0.05) is 0 Å². The molecule has 1 heterocycles. The Morgan fingerprint density at radius 2 is 1.91 bits per heavy atom. The molecule has 0 aromatic carbocycles. The zero-order valence-corrected chi connectivity index (χ0v) is 7.08. The minimum atomic E-state index is 0.656. The Morgan fingerprint density at radius 1 is 1.27 bits per heavy atom. The first-order chi connectivity index (χ1) is 5.33. The monoisotopic (exact) mass is 156 g/mol. The van der Waals surface area contributed by atoms with Crippen LogP contribution in [-0.2, 0) is 0 Å². The van der Waals surface area contributed by atoms with E-state index in [1.165, 1.54) is 0 Å². The molecule has 0 aliphatic carbocycles. The van der Waals surface area contributed by atoms with Gasteiger partial charge in [0.25, 0.3) is 0 Å². The largest absolute Gasteiger partial charge is 0.304 e. The highest BCUT2D eigenvalue weighted by atomic mass is 15.2. The normalized spacial score (nSPS) is 21.9. The summed E-state index contributed by atoms with van der Waals surface area (Å²) in [6, 6.07) is 0. The maximum Gasteiger partial charge on any atom is 0.0723 e. The number of rotatable bonds is 3. The summed E-state index contributed by atoms with van der Waals surface area (Å²) in [4.78, 5) is 4.69. The lowest BCUT2D eigenvalue weighted by Crippen LogP contribution is -2.45. The van der Waals surface area contributed by atoms with Crippen molar-refractivity contribution in [1.29, 1.82) is 5.53 Å². The van der Waals surface area contributed by atoms with Gasteiger partial charge in [-0.05, 0) is 7.05 Å². The Bertz CT molecular complexity index is 118. The van der Waals surface area contributed by atoms with Crippen LogP contribution in [0.4, 0.5) is 0 Å². The molecule has 0 radical (unpaired) electrons. The van der Waals surface area contributed by atoms with E-state index in [-0.39, 0.29) is 0 Å². The van der Waals surface area contributed by atoms with Crippen LogP contribution < -0.4 is 0 Å². The van der Waals surface area contributed by atoms with Gasteiger partial charge in [-0.2, -0.15) is 5.11 Å². The fourth-order valence-corrected chi connectivity index (χ4v) is 1.26. The molecule has 4 heteroatoms. The molecule has 1 N–H and O–H groups in total. The molecule has 1 aliphatic heterocycles. The van der Waals surface area contributed by atoms with E-state index in [0.29, 0.717) is 6.54 Å². The van der Waals surface area contributed by atoms with E-state index in [1.54, 1.807) is 0 Å². The summed E-state index contributed by atoms with van der Waals surface area (Å²) in [7, 11) is 2.15. The molecule has 0 unspecified atom stereocenters. The Hall–Kier alpha value is -0.480. The van der Waals surface area contributed by atoms with Gasteiger partial charge >= 0.3 is 0 Å². The van der Waals surface area contributed by atoms with Crippen molar-refractivity contribution in [3.63, 3.8) is 0 Å². The van der Waals surface area contributed by atoms with Gasteiger partial charge in [-0.3, -0.25) is 4.90 Å². The van der Waals surface area contributed by atoms with Gasteiger partial charge in [-0.25, -0.2) is 5.53 Å². The number of hydrogen-bond donors (Lipinski definition) is 1. The lowest BCUT2D eigenvalue weighted by molar-refractivity contribution is 0.157. The maximum atomic E-state index is 6.65. The summed E-state index contributed by atoms with van der Waals surface area (Å²) < 4.78 is 0. The number of hydrogen-bond acceptors (Lipinski definition) is 4. The van der Waals surface area contributed by atoms with Crippen molar-refractivity contribution < 1.29 is 0 Å². The zero-order chi connectivity index (χ0) is 8.10. The first-order valence-electron chi connectivity index (χ1n) is 4.07. The van der Waals surface area contributed by atoms with Gasteiger partial charge in [-0.15, -0.1) is 0 Å². The quantitative estimate of drug-likeness (QED) is 0.596. The Labute approximate surface area is 67.7 Å². The third-order valence-corrected chi connectivity index (χ3v) is 2.12. The average molecular weight is 156 g/mol. The number of likely N-dealkylation sites (N-methyl/N-ethyl adjacent to an activating group) is 1. The van der Waals surface area contributed by atoms with Crippen LogP contribution >= 0.6 is 0 Å². The summed E-state index contributed by atoms with van der Waals surface area (Å²) in [6.45, 7) is 6.18. The van der Waals surface area contributed by atoms with Crippen LogP contribution in [0.5, 0.6) is 0 Å². The van der Waals surface area contributed by atoms with E-state index < -0.39 is 0 Å². The van der Waals surface area contributed by atoms with Gasteiger partial charge in [0, 0.05) is 32.7 Å². The molecular weight excluding hydrogens is 140 g/mol. The van der Waals surface area contributed by atoms with Gasteiger partial charge in [0.05, 0.1) is 6.54 Å². The molecule has 1 fully saturated rings. The van der Waals surface area contributed by atoms with Crippen LogP contribution in [0, 0.1) is 5.53 Å². The van der Waals surface area contributed by atoms with Crippen molar-refractivity contribution in [2.45, 2.75) is 0 Å². The van der Waals surface area contributed by atoms with E-state index >= 15 is 0 Å². The Kier molecular flexibility index (Phi) is 3.45. The van der Waals surface area contributed by atoms with Crippen molar-refractivity contribution in [2.75, 3.05) is 46.3 Å². The number of nitrogens with one attached hydrogen (secondary N) is 1. The van der Waals surface area contributed by atoms with E-state index in [0.717, 1.165) is 32.7 Å². The lowest BCUT2D eigenvalue weighted by Gasteiger charge is -2.31. The average Bonchev–Trinajstić information content (AvgIpc) is 2.04. The molecule has 64 valence electrons. The Balaban J connectivity index is 2.12. The van der Waals surface area contributed by atoms with Crippen LogP contribution in [-0.4, -0.2) is 56.1 Å². The molecule has 1 rings (SSSR count). The van der Waals surface area contributed by atoms with Crippen LogP contribution in [0.3, 0.4) is 0 Å². The predicted molar refractivity (Wildman–Crippen MR) is 44.0 cm³/mol. The molecule has 0 atom stereocenters. The van der Waals surface area contributed by atoms with Crippen LogP contribution in [0.25, 0.3) is 0 Å². The minimum absolute atomic E-state index is 0.656. The van der Waals surface area contributed by atoms with Crippen LogP contribution in [0.1, 0.15) is 0 Å². The van der Waals surface area contributed by atoms with Gasteiger partial charge in [0.2, 0.25) is 0 Å². The standard InChI is InChI=1S/C7H16N4/c1-10-4-6-11(7-5-10)3-2-9-8/h8H,2-7H2,1H3. The van der Waals surface area contributed by atoms with Crippen LogP contribution in [0.15, 0.2) is 5.11 Å². The Morgan fingerprint density at radius 3 is 2.45 bits per heavy atom. The maximum absolute atomic E-state index is 6.65.